The van der Waals surface area contributed by atoms with Crippen molar-refractivity contribution >= 4 is 26.9 Å². The van der Waals surface area contributed by atoms with Crippen molar-refractivity contribution in [3.05, 3.63) is 18.6 Å². The van der Waals surface area contributed by atoms with Gasteiger partial charge in [-0.05, 0) is 37.7 Å². The normalized spacial score (nSPS) is 24.3. The van der Waals surface area contributed by atoms with Crippen molar-refractivity contribution in [3.63, 3.8) is 0 Å². The van der Waals surface area contributed by atoms with E-state index < -0.39 is 10.0 Å². The molecule has 2 aromatic heterocycles. The second kappa shape index (κ2) is 6.25. The molecule has 0 saturated heterocycles. The van der Waals surface area contributed by atoms with Crippen LogP contribution >= 0.6 is 0 Å². The summed E-state index contributed by atoms with van der Waals surface area (Å²) in [7, 11) is 0.638. The Morgan fingerprint density at radius 3 is 2.64 bits per heavy atom. The van der Waals surface area contributed by atoms with E-state index in [4.69, 9.17) is 0 Å². The molecule has 1 N–H and O–H groups in total. The van der Waals surface area contributed by atoms with E-state index in [1.54, 1.807) is 17.7 Å². The lowest BCUT2D eigenvalue weighted by atomic mass is 9.81. The van der Waals surface area contributed by atoms with Crippen LogP contribution < -0.4 is 4.90 Å². The number of nitrogens with one attached hydrogen (secondary N) is 1. The van der Waals surface area contributed by atoms with E-state index in [0.29, 0.717) is 6.04 Å². The molecule has 25 heavy (non-hydrogen) atoms. The fourth-order valence-electron chi connectivity index (χ4n) is 3.86. The predicted octanol–water partition coefficient (Wildman–Crippen LogP) is 1.99. The summed E-state index contributed by atoms with van der Waals surface area (Å²) in [4.78, 5) is 13.9. The number of hydrogen-bond donors (Lipinski definition) is 1. The van der Waals surface area contributed by atoms with E-state index >= 15 is 0 Å². The number of fused-ring (bicyclic) bond motifs is 1. The van der Waals surface area contributed by atoms with E-state index in [2.05, 4.69) is 19.9 Å². The maximum Gasteiger partial charge on any atom is 0.214 e. The van der Waals surface area contributed by atoms with Crippen LogP contribution in [0, 0.1) is 5.92 Å². The van der Waals surface area contributed by atoms with Gasteiger partial charge in [0.2, 0.25) is 10.0 Å². The van der Waals surface area contributed by atoms with Gasteiger partial charge < -0.3 is 9.88 Å². The standard InChI is InChI=1S/C17H25N5O2S/c1-21(17-15-6-7-18-16(15)19-11-20-17)14-8-12(9-14)10-25(23,24)22(2)13-4-3-5-13/h6-7,11-14H,3-5,8-10H2,1-2H3,(H,18,19,20)/t12-,14+. The van der Waals surface area contributed by atoms with Gasteiger partial charge in [-0.15, -0.1) is 0 Å². The summed E-state index contributed by atoms with van der Waals surface area (Å²) in [6, 6.07) is 2.55. The molecule has 136 valence electrons. The first-order chi connectivity index (χ1) is 12.0. The van der Waals surface area contributed by atoms with Crippen LogP contribution in [0.25, 0.3) is 11.0 Å². The molecule has 0 amide bonds. The Morgan fingerprint density at radius 2 is 1.96 bits per heavy atom. The van der Waals surface area contributed by atoms with Crippen LogP contribution in [0.4, 0.5) is 5.82 Å². The first-order valence-corrected chi connectivity index (χ1v) is 10.5. The Labute approximate surface area is 148 Å². The fraction of sp³-hybridized carbons (Fsp3) is 0.647. The number of rotatable bonds is 6. The lowest BCUT2D eigenvalue weighted by Gasteiger charge is -2.43. The van der Waals surface area contributed by atoms with E-state index in [1.807, 2.05) is 19.3 Å². The molecule has 0 unspecified atom stereocenters. The van der Waals surface area contributed by atoms with Crippen LogP contribution in [0.5, 0.6) is 0 Å². The minimum Gasteiger partial charge on any atom is -0.356 e. The van der Waals surface area contributed by atoms with Gasteiger partial charge in [0.25, 0.3) is 0 Å². The van der Waals surface area contributed by atoms with Crippen LogP contribution in [-0.4, -0.2) is 59.6 Å². The second-order valence-corrected chi connectivity index (χ2v) is 9.49. The van der Waals surface area contributed by atoms with Gasteiger partial charge in [0, 0.05) is 32.4 Å². The topological polar surface area (TPSA) is 82.2 Å². The molecule has 0 aliphatic heterocycles. The van der Waals surface area contributed by atoms with Gasteiger partial charge in [0.05, 0.1) is 11.1 Å². The Balaban J connectivity index is 1.38. The first-order valence-electron chi connectivity index (χ1n) is 8.92. The largest absolute Gasteiger partial charge is 0.356 e. The van der Waals surface area contributed by atoms with E-state index in [1.165, 1.54) is 0 Å². The van der Waals surface area contributed by atoms with Crippen molar-refractivity contribution in [1.29, 1.82) is 0 Å². The Hall–Kier alpha value is -1.67. The summed E-state index contributed by atoms with van der Waals surface area (Å²) in [6.45, 7) is 0. The molecule has 7 nitrogen and oxygen atoms in total. The Morgan fingerprint density at radius 1 is 1.20 bits per heavy atom. The highest BCUT2D eigenvalue weighted by atomic mass is 32.2. The molecule has 4 rings (SSSR count). The minimum absolute atomic E-state index is 0.228. The smallest absolute Gasteiger partial charge is 0.214 e. The lowest BCUT2D eigenvalue weighted by molar-refractivity contribution is 0.239. The van der Waals surface area contributed by atoms with Crippen LogP contribution in [-0.2, 0) is 10.0 Å². The number of H-pyrrole nitrogens is 1. The molecule has 8 heteroatoms. The number of aromatic nitrogens is 3. The third-order valence-electron chi connectivity index (χ3n) is 5.90. The van der Waals surface area contributed by atoms with E-state index in [9.17, 15) is 8.42 Å². The second-order valence-electron chi connectivity index (χ2n) is 7.42. The maximum atomic E-state index is 12.5. The minimum atomic E-state index is -3.14. The summed E-state index contributed by atoms with van der Waals surface area (Å²) in [5.41, 5.74) is 0.831. The molecule has 2 aliphatic carbocycles. The SMILES string of the molecule is CN(C1CCC1)S(=O)(=O)C[C@H]1C[C@@H](N(C)c2ncnc3[nH]ccc23)C1. The molecule has 0 bridgehead atoms. The number of nitrogens with zero attached hydrogens (tertiary/aromatic N) is 4. The number of hydrogen-bond acceptors (Lipinski definition) is 5. The van der Waals surface area contributed by atoms with Crippen molar-refractivity contribution in [2.75, 3.05) is 24.7 Å². The summed E-state index contributed by atoms with van der Waals surface area (Å²) >= 11 is 0. The molecule has 2 fully saturated rings. The zero-order valence-electron chi connectivity index (χ0n) is 14.7. The molecular formula is C17H25N5O2S. The third kappa shape index (κ3) is 3.01. The zero-order chi connectivity index (χ0) is 17.6. The average molecular weight is 363 g/mol. The molecule has 0 atom stereocenters. The lowest BCUT2D eigenvalue weighted by Crippen LogP contribution is -2.48. The molecule has 2 aromatic rings. The van der Waals surface area contributed by atoms with Gasteiger partial charge in [0.15, 0.2) is 0 Å². The summed E-state index contributed by atoms with van der Waals surface area (Å²) in [5.74, 6) is 1.42. The van der Waals surface area contributed by atoms with Crippen molar-refractivity contribution < 1.29 is 8.42 Å². The first kappa shape index (κ1) is 16.8. The highest BCUT2D eigenvalue weighted by Crippen LogP contribution is 2.37. The number of aromatic amines is 1. The Kier molecular flexibility index (Phi) is 4.19. The van der Waals surface area contributed by atoms with Gasteiger partial charge in [-0.1, -0.05) is 6.42 Å². The zero-order valence-corrected chi connectivity index (χ0v) is 15.5. The van der Waals surface area contributed by atoms with Gasteiger partial charge in [-0.3, -0.25) is 0 Å². The molecule has 2 saturated carbocycles. The van der Waals surface area contributed by atoms with Crippen LogP contribution in [0.15, 0.2) is 18.6 Å². The third-order valence-corrected chi connectivity index (χ3v) is 7.97. The van der Waals surface area contributed by atoms with Gasteiger partial charge in [-0.25, -0.2) is 22.7 Å². The monoisotopic (exact) mass is 363 g/mol. The van der Waals surface area contributed by atoms with Crippen molar-refractivity contribution in [3.8, 4) is 0 Å². The molecule has 0 radical (unpaired) electrons. The molecule has 2 aliphatic rings. The van der Waals surface area contributed by atoms with Crippen molar-refractivity contribution in [2.45, 2.75) is 44.2 Å². The van der Waals surface area contributed by atoms with Crippen molar-refractivity contribution in [2.24, 2.45) is 5.92 Å². The average Bonchev–Trinajstić information content (AvgIpc) is 2.96. The van der Waals surface area contributed by atoms with Crippen molar-refractivity contribution in [1.82, 2.24) is 19.3 Å². The van der Waals surface area contributed by atoms with Crippen LogP contribution in [0.2, 0.25) is 0 Å². The Bertz CT molecular complexity index is 855. The number of sulfonamides is 1. The summed E-state index contributed by atoms with van der Waals surface area (Å²) < 4.78 is 26.7. The molecule has 2 heterocycles. The molecular weight excluding hydrogens is 338 g/mol. The maximum absolute atomic E-state index is 12.5. The van der Waals surface area contributed by atoms with Crippen LogP contribution in [0.3, 0.4) is 0 Å². The summed E-state index contributed by atoms with van der Waals surface area (Å²) in [5, 5.41) is 1.01. The molecule has 0 spiro atoms. The highest BCUT2D eigenvalue weighted by molar-refractivity contribution is 7.89. The summed E-state index contributed by atoms with van der Waals surface area (Å²) in [6.07, 6.45) is 8.38. The van der Waals surface area contributed by atoms with E-state index in [0.717, 1.165) is 49.0 Å². The molecule has 0 aromatic carbocycles. The predicted molar refractivity (Wildman–Crippen MR) is 98.0 cm³/mol. The fourth-order valence-corrected chi connectivity index (χ4v) is 5.63. The van der Waals surface area contributed by atoms with E-state index in [-0.39, 0.29) is 17.7 Å². The highest BCUT2D eigenvalue weighted by Gasteiger charge is 2.39. The van der Waals surface area contributed by atoms with Gasteiger partial charge >= 0.3 is 0 Å². The number of anilines is 1. The van der Waals surface area contributed by atoms with Gasteiger partial charge in [0.1, 0.15) is 17.8 Å². The quantitative estimate of drug-likeness (QED) is 0.849. The van der Waals surface area contributed by atoms with Crippen LogP contribution in [0.1, 0.15) is 32.1 Å². The van der Waals surface area contributed by atoms with Gasteiger partial charge in [-0.2, -0.15) is 0 Å².